The number of hydrogen-bond acceptors (Lipinski definition) is 6. The van der Waals surface area contributed by atoms with Crippen molar-refractivity contribution in [2.75, 3.05) is 12.8 Å². The number of nitrogens with two attached hydrogens (primary N) is 1. The normalized spacial score (nSPS) is 10.7. The average Bonchev–Trinajstić information content (AvgIpc) is 3.07. The summed E-state index contributed by atoms with van der Waals surface area (Å²) in [6, 6.07) is 7.03. The second kappa shape index (κ2) is 5.15. The molecule has 2 N–H and O–H groups in total. The molecule has 0 fully saturated rings. The fraction of sp³-hybridized carbons (Fsp3) is 0.0769. The SMILES string of the molecule is COc1cc(Cl)ccc1-c1noc(-c2sccc2N)n1. The molecule has 3 rings (SSSR count). The maximum atomic E-state index is 5.93. The third-order valence-electron chi connectivity index (χ3n) is 2.72. The molecule has 1 aromatic carbocycles. The number of benzene rings is 1. The van der Waals surface area contributed by atoms with E-state index in [2.05, 4.69) is 10.1 Å². The van der Waals surface area contributed by atoms with Crippen LogP contribution < -0.4 is 10.5 Å². The van der Waals surface area contributed by atoms with E-state index in [-0.39, 0.29) is 0 Å². The topological polar surface area (TPSA) is 74.2 Å². The van der Waals surface area contributed by atoms with E-state index in [1.165, 1.54) is 11.3 Å². The van der Waals surface area contributed by atoms with Gasteiger partial charge in [-0.3, -0.25) is 0 Å². The standard InChI is InChI=1S/C13H10ClN3O2S/c1-18-10-6-7(14)2-3-8(10)12-16-13(19-17-12)11-9(15)4-5-20-11/h2-6H,15H2,1H3. The summed E-state index contributed by atoms with van der Waals surface area (Å²) in [4.78, 5) is 5.11. The zero-order valence-electron chi connectivity index (χ0n) is 10.5. The van der Waals surface area contributed by atoms with E-state index in [1.807, 2.05) is 5.38 Å². The van der Waals surface area contributed by atoms with Crippen molar-refractivity contribution < 1.29 is 9.26 Å². The molecule has 102 valence electrons. The van der Waals surface area contributed by atoms with Crippen LogP contribution in [-0.4, -0.2) is 17.3 Å². The highest BCUT2D eigenvalue weighted by atomic mass is 35.5. The number of ether oxygens (including phenoxy) is 1. The minimum atomic E-state index is 0.393. The van der Waals surface area contributed by atoms with Crippen LogP contribution in [0.3, 0.4) is 0 Å². The Balaban J connectivity index is 2.05. The highest BCUT2D eigenvalue weighted by Gasteiger charge is 2.17. The zero-order valence-corrected chi connectivity index (χ0v) is 12.0. The fourth-order valence-corrected chi connectivity index (χ4v) is 2.67. The number of aromatic nitrogens is 2. The Morgan fingerprint density at radius 3 is 2.90 bits per heavy atom. The van der Waals surface area contributed by atoms with Gasteiger partial charge in [0.1, 0.15) is 10.6 Å². The highest BCUT2D eigenvalue weighted by molar-refractivity contribution is 7.14. The van der Waals surface area contributed by atoms with Gasteiger partial charge >= 0.3 is 0 Å². The number of nitrogens with zero attached hydrogens (tertiary/aromatic N) is 2. The lowest BCUT2D eigenvalue weighted by atomic mass is 10.2. The van der Waals surface area contributed by atoms with Gasteiger partial charge in [0.2, 0.25) is 5.82 Å². The van der Waals surface area contributed by atoms with Crippen LogP contribution in [0.4, 0.5) is 5.69 Å². The van der Waals surface area contributed by atoms with E-state index in [9.17, 15) is 0 Å². The summed E-state index contributed by atoms with van der Waals surface area (Å²) in [7, 11) is 1.56. The summed E-state index contributed by atoms with van der Waals surface area (Å²) < 4.78 is 10.5. The predicted octanol–water partition coefficient (Wildman–Crippen LogP) is 3.71. The Bertz CT molecular complexity index is 754. The van der Waals surface area contributed by atoms with Crippen molar-refractivity contribution in [1.29, 1.82) is 0 Å². The molecule has 2 heterocycles. The summed E-state index contributed by atoms with van der Waals surface area (Å²) in [5, 5.41) is 6.42. The summed E-state index contributed by atoms with van der Waals surface area (Å²) in [5.41, 5.74) is 7.17. The Labute approximate surface area is 123 Å². The van der Waals surface area contributed by atoms with Crippen molar-refractivity contribution in [3.05, 3.63) is 34.7 Å². The number of anilines is 1. The molecule has 5 nitrogen and oxygen atoms in total. The molecular weight excluding hydrogens is 298 g/mol. The Kier molecular flexibility index (Phi) is 3.33. The van der Waals surface area contributed by atoms with Crippen LogP contribution in [0, 0.1) is 0 Å². The molecule has 20 heavy (non-hydrogen) atoms. The average molecular weight is 308 g/mol. The first-order valence-electron chi connectivity index (χ1n) is 5.70. The lowest BCUT2D eigenvalue weighted by Gasteiger charge is -2.04. The third kappa shape index (κ3) is 2.23. The van der Waals surface area contributed by atoms with Crippen molar-refractivity contribution in [2.24, 2.45) is 0 Å². The first-order valence-corrected chi connectivity index (χ1v) is 6.96. The van der Waals surface area contributed by atoms with Crippen LogP contribution >= 0.6 is 22.9 Å². The molecule has 0 saturated carbocycles. The number of methoxy groups -OCH3 is 1. The van der Waals surface area contributed by atoms with E-state index >= 15 is 0 Å². The van der Waals surface area contributed by atoms with Gasteiger partial charge < -0.3 is 15.0 Å². The summed E-state index contributed by atoms with van der Waals surface area (Å²) >= 11 is 7.38. The number of hydrogen-bond donors (Lipinski definition) is 1. The maximum absolute atomic E-state index is 5.93. The van der Waals surface area contributed by atoms with Gasteiger partial charge in [0.05, 0.1) is 18.4 Å². The van der Waals surface area contributed by atoms with Gasteiger partial charge in [0.15, 0.2) is 0 Å². The van der Waals surface area contributed by atoms with Crippen LogP contribution in [0.1, 0.15) is 0 Å². The molecule has 0 saturated heterocycles. The fourth-order valence-electron chi connectivity index (χ4n) is 1.77. The number of halogens is 1. The van der Waals surface area contributed by atoms with E-state index in [0.29, 0.717) is 33.7 Å². The lowest BCUT2D eigenvalue weighted by molar-refractivity contribution is 0.413. The quantitative estimate of drug-likeness (QED) is 0.798. The summed E-state index contributed by atoms with van der Waals surface area (Å²) in [6.07, 6.45) is 0. The maximum Gasteiger partial charge on any atom is 0.270 e. The van der Waals surface area contributed by atoms with Crippen LogP contribution in [-0.2, 0) is 0 Å². The largest absolute Gasteiger partial charge is 0.496 e. The molecule has 0 radical (unpaired) electrons. The van der Waals surface area contributed by atoms with Crippen LogP contribution in [0.5, 0.6) is 5.75 Å². The molecule has 0 unspecified atom stereocenters. The molecule has 0 aliphatic heterocycles. The van der Waals surface area contributed by atoms with Crippen LogP contribution in [0.2, 0.25) is 5.02 Å². The predicted molar refractivity (Wildman–Crippen MR) is 79.0 cm³/mol. The molecule has 0 amide bonds. The van der Waals surface area contributed by atoms with Gasteiger partial charge in [-0.05, 0) is 29.6 Å². The van der Waals surface area contributed by atoms with Crippen molar-refractivity contribution in [1.82, 2.24) is 10.1 Å². The molecule has 0 aliphatic rings. The Hall–Kier alpha value is -2.05. The molecular formula is C13H10ClN3O2S. The van der Waals surface area contributed by atoms with Crippen LogP contribution in [0.25, 0.3) is 22.2 Å². The number of nitrogen functional groups attached to an aromatic ring is 1. The monoisotopic (exact) mass is 307 g/mol. The van der Waals surface area contributed by atoms with Gasteiger partial charge in [-0.2, -0.15) is 4.98 Å². The Morgan fingerprint density at radius 2 is 2.20 bits per heavy atom. The van der Waals surface area contributed by atoms with Crippen LogP contribution in [0.15, 0.2) is 34.2 Å². The van der Waals surface area contributed by atoms with E-state index in [0.717, 1.165) is 4.88 Å². The summed E-state index contributed by atoms with van der Waals surface area (Å²) in [6.45, 7) is 0. The third-order valence-corrected chi connectivity index (χ3v) is 3.87. The Morgan fingerprint density at radius 1 is 1.35 bits per heavy atom. The first kappa shape index (κ1) is 13.0. The second-order valence-corrected chi connectivity index (χ2v) is 5.33. The zero-order chi connectivity index (χ0) is 14.1. The van der Waals surface area contributed by atoms with Gasteiger partial charge in [-0.15, -0.1) is 11.3 Å². The number of rotatable bonds is 3. The molecule has 0 atom stereocenters. The minimum absolute atomic E-state index is 0.393. The first-order chi connectivity index (χ1) is 9.69. The molecule has 2 aromatic heterocycles. The molecule has 0 spiro atoms. The van der Waals surface area contributed by atoms with Crippen molar-refractivity contribution >= 4 is 28.6 Å². The van der Waals surface area contributed by atoms with Gasteiger partial charge in [0.25, 0.3) is 5.89 Å². The van der Waals surface area contributed by atoms with Crippen molar-refractivity contribution in [2.45, 2.75) is 0 Å². The van der Waals surface area contributed by atoms with E-state index in [1.54, 1.807) is 31.4 Å². The number of thiophene rings is 1. The second-order valence-electron chi connectivity index (χ2n) is 3.97. The smallest absolute Gasteiger partial charge is 0.270 e. The molecule has 7 heteroatoms. The van der Waals surface area contributed by atoms with Gasteiger partial charge in [-0.1, -0.05) is 16.8 Å². The van der Waals surface area contributed by atoms with Gasteiger partial charge in [-0.25, -0.2) is 0 Å². The van der Waals surface area contributed by atoms with E-state index < -0.39 is 0 Å². The molecule has 0 aliphatic carbocycles. The van der Waals surface area contributed by atoms with E-state index in [4.69, 9.17) is 26.6 Å². The highest BCUT2D eigenvalue weighted by Crippen LogP contribution is 2.34. The molecule has 3 aromatic rings. The molecule has 0 bridgehead atoms. The van der Waals surface area contributed by atoms with Crippen molar-refractivity contribution in [3.8, 4) is 27.9 Å². The minimum Gasteiger partial charge on any atom is -0.496 e. The van der Waals surface area contributed by atoms with Crippen molar-refractivity contribution in [3.63, 3.8) is 0 Å². The summed E-state index contributed by atoms with van der Waals surface area (Å²) in [5.74, 6) is 1.41. The van der Waals surface area contributed by atoms with Gasteiger partial charge in [0, 0.05) is 5.02 Å². The lowest BCUT2D eigenvalue weighted by Crippen LogP contribution is -1.89.